The Hall–Kier alpha value is -2.73. The molecule has 6 nitrogen and oxygen atoms in total. The number of carboxylic acids is 1. The summed E-state index contributed by atoms with van der Waals surface area (Å²) >= 11 is 6.42. The van der Waals surface area contributed by atoms with Crippen LogP contribution in [0.4, 0.5) is 0 Å². The van der Waals surface area contributed by atoms with Crippen LogP contribution in [0.15, 0.2) is 30.3 Å². The maximum absolute atomic E-state index is 12.7. The standard InChI is InChI=1S/C21H20ClNO5/c22-17-11-13(4-5-15(17)20(24)23-6-2-1-3-7-23)14-10-16(21(25)26)19-18(12-14)27-8-9-28-19/h4-5,10-12H,1-3,6-9H2,(H,25,26). The van der Waals surface area contributed by atoms with Crippen LogP contribution in [-0.2, 0) is 0 Å². The van der Waals surface area contributed by atoms with Crippen LogP contribution in [0.3, 0.4) is 0 Å². The highest BCUT2D eigenvalue weighted by Gasteiger charge is 2.24. The minimum Gasteiger partial charge on any atom is -0.486 e. The monoisotopic (exact) mass is 401 g/mol. The first kappa shape index (κ1) is 18.6. The molecule has 1 fully saturated rings. The summed E-state index contributed by atoms with van der Waals surface area (Å²) in [6.45, 7) is 2.17. The van der Waals surface area contributed by atoms with E-state index in [1.807, 2.05) is 4.90 Å². The molecule has 0 unspecified atom stereocenters. The van der Waals surface area contributed by atoms with Crippen LogP contribution in [0.2, 0.25) is 5.02 Å². The SMILES string of the molecule is O=C(O)c1cc(-c2ccc(C(=O)N3CCCCC3)c(Cl)c2)cc2c1OCCO2. The van der Waals surface area contributed by atoms with Gasteiger partial charge in [0.05, 0.1) is 10.6 Å². The topological polar surface area (TPSA) is 76.1 Å². The second-order valence-corrected chi connectivity index (χ2v) is 7.31. The number of carboxylic acid groups (broad SMARTS) is 1. The molecule has 0 aliphatic carbocycles. The number of halogens is 1. The number of hydrogen-bond donors (Lipinski definition) is 1. The molecule has 2 heterocycles. The minimum absolute atomic E-state index is 0.0387. The molecule has 1 amide bonds. The van der Waals surface area contributed by atoms with Crippen LogP contribution in [0.1, 0.15) is 40.0 Å². The molecule has 2 aliphatic heterocycles. The van der Waals surface area contributed by atoms with Crippen molar-refractivity contribution in [1.82, 2.24) is 4.90 Å². The van der Waals surface area contributed by atoms with Gasteiger partial charge in [-0.3, -0.25) is 4.79 Å². The van der Waals surface area contributed by atoms with Gasteiger partial charge < -0.3 is 19.5 Å². The first-order chi connectivity index (χ1) is 13.5. The van der Waals surface area contributed by atoms with Gasteiger partial charge in [-0.2, -0.15) is 0 Å². The Kier molecular flexibility index (Phi) is 5.13. The fourth-order valence-electron chi connectivity index (χ4n) is 3.61. The van der Waals surface area contributed by atoms with E-state index in [-0.39, 0.29) is 17.2 Å². The van der Waals surface area contributed by atoms with Crippen LogP contribution in [0.5, 0.6) is 11.5 Å². The molecule has 7 heteroatoms. The zero-order valence-electron chi connectivity index (χ0n) is 15.2. The fraction of sp³-hybridized carbons (Fsp3) is 0.333. The molecule has 1 saturated heterocycles. The molecule has 2 aromatic carbocycles. The molecule has 4 rings (SSSR count). The van der Waals surface area contributed by atoms with Crippen LogP contribution in [0.25, 0.3) is 11.1 Å². The number of likely N-dealkylation sites (tertiary alicyclic amines) is 1. The summed E-state index contributed by atoms with van der Waals surface area (Å²) in [6, 6.07) is 8.44. The Morgan fingerprint density at radius 3 is 2.39 bits per heavy atom. The molecule has 0 spiro atoms. The molecule has 2 aromatic rings. The molecule has 0 atom stereocenters. The van der Waals surface area contributed by atoms with E-state index >= 15 is 0 Å². The molecule has 2 aliphatic rings. The van der Waals surface area contributed by atoms with Crippen LogP contribution < -0.4 is 9.47 Å². The summed E-state index contributed by atoms with van der Waals surface area (Å²) in [5, 5.41) is 9.86. The lowest BCUT2D eigenvalue weighted by Crippen LogP contribution is -2.35. The number of fused-ring (bicyclic) bond motifs is 1. The first-order valence-corrected chi connectivity index (χ1v) is 9.68. The molecule has 1 N–H and O–H groups in total. The van der Waals surface area contributed by atoms with Gasteiger partial charge in [-0.05, 0) is 54.7 Å². The number of nitrogens with zero attached hydrogens (tertiary/aromatic N) is 1. The van der Waals surface area contributed by atoms with Gasteiger partial charge in [0.15, 0.2) is 11.5 Å². The molecule has 0 aromatic heterocycles. The predicted molar refractivity (Wildman–Crippen MR) is 105 cm³/mol. The third kappa shape index (κ3) is 3.52. The van der Waals surface area contributed by atoms with Crippen molar-refractivity contribution >= 4 is 23.5 Å². The zero-order valence-corrected chi connectivity index (χ0v) is 16.0. The highest BCUT2D eigenvalue weighted by Crippen LogP contribution is 2.39. The molecule has 28 heavy (non-hydrogen) atoms. The van der Waals surface area contributed by atoms with Gasteiger partial charge in [-0.1, -0.05) is 17.7 Å². The van der Waals surface area contributed by atoms with E-state index in [4.69, 9.17) is 21.1 Å². The van der Waals surface area contributed by atoms with Crippen molar-refractivity contribution in [2.75, 3.05) is 26.3 Å². The van der Waals surface area contributed by atoms with Gasteiger partial charge in [0.1, 0.15) is 18.8 Å². The Morgan fingerprint density at radius 1 is 0.929 bits per heavy atom. The summed E-state index contributed by atoms with van der Waals surface area (Å²) < 4.78 is 11.0. The maximum atomic E-state index is 12.7. The number of ether oxygens (including phenoxy) is 2. The highest BCUT2D eigenvalue weighted by molar-refractivity contribution is 6.34. The summed E-state index contributed by atoms with van der Waals surface area (Å²) in [5.74, 6) is -0.521. The second-order valence-electron chi connectivity index (χ2n) is 6.90. The van der Waals surface area contributed by atoms with Crippen molar-refractivity contribution in [2.24, 2.45) is 0 Å². The molecule has 146 valence electrons. The first-order valence-electron chi connectivity index (χ1n) is 9.31. The number of piperidine rings is 1. The average molecular weight is 402 g/mol. The largest absolute Gasteiger partial charge is 0.486 e. The lowest BCUT2D eigenvalue weighted by Gasteiger charge is -2.27. The smallest absolute Gasteiger partial charge is 0.339 e. The zero-order chi connectivity index (χ0) is 19.7. The van der Waals surface area contributed by atoms with Crippen molar-refractivity contribution in [3.8, 4) is 22.6 Å². The Bertz CT molecular complexity index is 937. The second kappa shape index (κ2) is 7.72. The van der Waals surface area contributed by atoms with E-state index in [9.17, 15) is 14.7 Å². The fourth-order valence-corrected chi connectivity index (χ4v) is 3.88. The Labute approximate surface area is 167 Å². The van der Waals surface area contributed by atoms with Crippen molar-refractivity contribution in [2.45, 2.75) is 19.3 Å². The lowest BCUT2D eigenvalue weighted by atomic mass is 9.99. The number of carbonyl (C=O) groups is 2. The van der Waals surface area contributed by atoms with Gasteiger partial charge in [-0.25, -0.2) is 4.79 Å². The summed E-state index contributed by atoms with van der Waals surface area (Å²) in [7, 11) is 0. The van der Waals surface area contributed by atoms with Crippen LogP contribution in [-0.4, -0.2) is 48.2 Å². The van der Waals surface area contributed by atoms with Crippen molar-refractivity contribution in [3.05, 3.63) is 46.5 Å². The third-order valence-electron chi connectivity index (χ3n) is 5.05. The quantitative estimate of drug-likeness (QED) is 0.837. The number of rotatable bonds is 3. The van der Waals surface area contributed by atoms with Gasteiger partial charge in [0.2, 0.25) is 0 Å². The Morgan fingerprint density at radius 2 is 1.68 bits per heavy atom. The minimum atomic E-state index is -1.09. The third-order valence-corrected chi connectivity index (χ3v) is 5.36. The van der Waals surface area contributed by atoms with Crippen LogP contribution >= 0.6 is 11.6 Å². The van der Waals surface area contributed by atoms with E-state index in [1.54, 1.807) is 24.3 Å². The Balaban J connectivity index is 1.68. The van der Waals surface area contributed by atoms with E-state index in [1.165, 1.54) is 6.07 Å². The molecule has 0 bridgehead atoms. The van der Waals surface area contributed by atoms with Gasteiger partial charge >= 0.3 is 5.97 Å². The van der Waals surface area contributed by atoms with Crippen molar-refractivity contribution in [3.63, 3.8) is 0 Å². The van der Waals surface area contributed by atoms with E-state index in [2.05, 4.69) is 0 Å². The van der Waals surface area contributed by atoms with E-state index < -0.39 is 5.97 Å². The molecule has 0 saturated carbocycles. The van der Waals surface area contributed by atoms with Crippen LogP contribution in [0, 0.1) is 0 Å². The summed E-state index contributed by atoms with van der Waals surface area (Å²) in [5.41, 5.74) is 1.85. The van der Waals surface area contributed by atoms with Crippen molar-refractivity contribution < 1.29 is 24.2 Å². The van der Waals surface area contributed by atoms with Gasteiger partial charge in [0, 0.05) is 13.1 Å². The van der Waals surface area contributed by atoms with Gasteiger partial charge in [0.25, 0.3) is 5.91 Å². The molecular formula is C21H20ClNO5. The number of amides is 1. The number of aromatic carboxylic acids is 1. The number of carbonyl (C=O) groups excluding carboxylic acids is 1. The summed E-state index contributed by atoms with van der Waals surface area (Å²) in [6.07, 6.45) is 3.17. The van der Waals surface area contributed by atoms with Crippen molar-refractivity contribution in [1.29, 1.82) is 0 Å². The highest BCUT2D eigenvalue weighted by atomic mass is 35.5. The number of hydrogen-bond acceptors (Lipinski definition) is 4. The average Bonchev–Trinajstić information content (AvgIpc) is 2.73. The van der Waals surface area contributed by atoms with E-state index in [0.717, 1.165) is 32.4 Å². The predicted octanol–water partition coefficient (Wildman–Crippen LogP) is 4.10. The van der Waals surface area contributed by atoms with Gasteiger partial charge in [-0.15, -0.1) is 0 Å². The maximum Gasteiger partial charge on any atom is 0.339 e. The normalized spacial score (nSPS) is 16.0. The number of benzene rings is 2. The van der Waals surface area contributed by atoms with E-state index in [0.29, 0.717) is 40.7 Å². The summed E-state index contributed by atoms with van der Waals surface area (Å²) in [4.78, 5) is 26.2. The lowest BCUT2D eigenvalue weighted by molar-refractivity contribution is 0.0684. The molecule has 0 radical (unpaired) electrons. The molecular weight excluding hydrogens is 382 g/mol.